The fourth-order valence-electron chi connectivity index (χ4n) is 2.82. The van der Waals surface area contributed by atoms with Gasteiger partial charge in [0.05, 0.1) is 20.2 Å². The molecule has 0 heterocycles. The third-order valence-corrected chi connectivity index (χ3v) is 4.37. The lowest BCUT2D eigenvalue weighted by Crippen LogP contribution is -2.39. The Morgan fingerprint density at radius 2 is 1.63 bits per heavy atom. The minimum atomic E-state index is -0.251. The van der Waals surface area contributed by atoms with Gasteiger partial charge in [0.2, 0.25) is 11.8 Å². The van der Waals surface area contributed by atoms with Crippen molar-refractivity contribution >= 4 is 17.5 Å². The summed E-state index contributed by atoms with van der Waals surface area (Å²) < 4.78 is 5.33. The number of benzene rings is 2. The van der Waals surface area contributed by atoms with E-state index in [1.165, 1.54) is 0 Å². The average Bonchev–Trinajstić information content (AvgIpc) is 2.67. The molecule has 3 N–H and O–H groups in total. The molecule has 6 heteroatoms. The first-order valence-corrected chi connectivity index (χ1v) is 8.91. The minimum Gasteiger partial charge on any atom is -0.496 e. The smallest absolute Gasteiger partial charge is 0.243 e. The molecule has 144 valence electrons. The molecule has 0 spiro atoms. The van der Waals surface area contributed by atoms with E-state index in [-0.39, 0.29) is 30.9 Å². The van der Waals surface area contributed by atoms with E-state index < -0.39 is 0 Å². The molecule has 1 unspecified atom stereocenters. The molecule has 0 saturated heterocycles. The SMILES string of the molecule is COc1ccccc1C(C)NCC(=O)NCC(=O)Nc1c(C)cccc1C. The van der Waals surface area contributed by atoms with Gasteiger partial charge in [-0.3, -0.25) is 9.59 Å². The second-order valence-electron chi connectivity index (χ2n) is 6.44. The first kappa shape index (κ1) is 20.5. The molecule has 2 amide bonds. The monoisotopic (exact) mass is 369 g/mol. The van der Waals surface area contributed by atoms with E-state index in [9.17, 15) is 9.59 Å². The van der Waals surface area contributed by atoms with Crippen LogP contribution in [0, 0.1) is 13.8 Å². The van der Waals surface area contributed by atoms with Crippen molar-refractivity contribution in [3.8, 4) is 5.75 Å². The molecule has 2 rings (SSSR count). The third kappa shape index (κ3) is 5.82. The molecule has 0 saturated carbocycles. The number of amides is 2. The topological polar surface area (TPSA) is 79.5 Å². The predicted octanol–water partition coefficient (Wildman–Crippen LogP) is 2.72. The van der Waals surface area contributed by atoms with Crippen LogP contribution in [0.2, 0.25) is 0 Å². The third-order valence-electron chi connectivity index (χ3n) is 4.37. The molecule has 1 atom stereocenters. The largest absolute Gasteiger partial charge is 0.496 e. The van der Waals surface area contributed by atoms with Crippen molar-refractivity contribution in [3.63, 3.8) is 0 Å². The van der Waals surface area contributed by atoms with Crippen molar-refractivity contribution in [2.75, 3.05) is 25.5 Å². The van der Waals surface area contributed by atoms with Crippen LogP contribution in [0.15, 0.2) is 42.5 Å². The van der Waals surface area contributed by atoms with Crippen molar-refractivity contribution in [2.45, 2.75) is 26.8 Å². The molecule has 0 fully saturated rings. The number of ether oxygens (including phenoxy) is 1. The number of carbonyl (C=O) groups excluding carboxylic acids is 2. The lowest BCUT2D eigenvalue weighted by atomic mass is 10.1. The fraction of sp³-hybridized carbons (Fsp3) is 0.333. The van der Waals surface area contributed by atoms with Crippen LogP contribution in [0.4, 0.5) is 5.69 Å². The Labute approximate surface area is 160 Å². The predicted molar refractivity (Wildman–Crippen MR) is 107 cm³/mol. The number of rotatable bonds is 8. The van der Waals surface area contributed by atoms with E-state index in [4.69, 9.17) is 4.74 Å². The molecule has 0 radical (unpaired) electrons. The summed E-state index contributed by atoms with van der Waals surface area (Å²) in [6, 6.07) is 13.4. The summed E-state index contributed by atoms with van der Waals surface area (Å²) in [6.07, 6.45) is 0. The zero-order chi connectivity index (χ0) is 19.8. The molecule has 0 aliphatic rings. The number of para-hydroxylation sites is 2. The molecule has 2 aromatic rings. The number of carbonyl (C=O) groups is 2. The Bertz CT molecular complexity index is 785. The van der Waals surface area contributed by atoms with Gasteiger partial charge in [-0.1, -0.05) is 36.4 Å². The van der Waals surface area contributed by atoms with Gasteiger partial charge in [0.15, 0.2) is 0 Å². The van der Waals surface area contributed by atoms with E-state index in [1.807, 2.05) is 63.2 Å². The van der Waals surface area contributed by atoms with E-state index in [1.54, 1.807) is 7.11 Å². The average molecular weight is 369 g/mol. The van der Waals surface area contributed by atoms with Crippen molar-refractivity contribution < 1.29 is 14.3 Å². The van der Waals surface area contributed by atoms with Gasteiger partial charge in [-0.25, -0.2) is 0 Å². The Kier molecular flexibility index (Phi) is 7.37. The van der Waals surface area contributed by atoms with Gasteiger partial charge in [0.25, 0.3) is 0 Å². The maximum Gasteiger partial charge on any atom is 0.243 e. The number of anilines is 1. The quantitative estimate of drug-likeness (QED) is 0.668. The van der Waals surface area contributed by atoms with Gasteiger partial charge in [-0.2, -0.15) is 0 Å². The Morgan fingerprint density at radius 1 is 0.963 bits per heavy atom. The lowest BCUT2D eigenvalue weighted by Gasteiger charge is -2.17. The normalized spacial score (nSPS) is 11.6. The number of nitrogens with one attached hydrogen (secondary N) is 3. The summed E-state index contributed by atoms with van der Waals surface area (Å²) >= 11 is 0. The maximum atomic E-state index is 12.1. The van der Waals surface area contributed by atoms with Crippen LogP contribution in [0.25, 0.3) is 0 Å². The highest BCUT2D eigenvalue weighted by Crippen LogP contribution is 2.24. The van der Waals surface area contributed by atoms with Crippen LogP contribution in [0.5, 0.6) is 5.75 Å². The van der Waals surface area contributed by atoms with Crippen molar-refractivity contribution in [1.82, 2.24) is 10.6 Å². The minimum absolute atomic E-state index is 0.0599. The van der Waals surface area contributed by atoms with Crippen molar-refractivity contribution in [2.24, 2.45) is 0 Å². The summed E-state index contributed by atoms with van der Waals surface area (Å²) in [5, 5.41) is 8.62. The number of hydrogen-bond acceptors (Lipinski definition) is 4. The molecule has 0 aliphatic carbocycles. The summed E-state index contributed by atoms with van der Waals surface area (Å²) in [6.45, 7) is 5.86. The second-order valence-corrected chi connectivity index (χ2v) is 6.44. The molecular weight excluding hydrogens is 342 g/mol. The zero-order valence-corrected chi connectivity index (χ0v) is 16.3. The summed E-state index contributed by atoms with van der Waals surface area (Å²) in [7, 11) is 1.62. The highest BCUT2D eigenvalue weighted by molar-refractivity contribution is 5.95. The lowest BCUT2D eigenvalue weighted by molar-refractivity contribution is -0.123. The van der Waals surface area contributed by atoms with Gasteiger partial charge in [0, 0.05) is 17.3 Å². The van der Waals surface area contributed by atoms with Crippen LogP contribution in [0.1, 0.15) is 29.7 Å². The van der Waals surface area contributed by atoms with E-state index in [2.05, 4.69) is 16.0 Å². The molecule has 0 aliphatic heterocycles. The Hall–Kier alpha value is -2.86. The molecule has 27 heavy (non-hydrogen) atoms. The Balaban J connectivity index is 1.80. The van der Waals surface area contributed by atoms with Gasteiger partial charge in [0.1, 0.15) is 5.75 Å². The van der Waals surface area contributed by atoms with E-state index in [0.717, 1.165) is 28.1 Å². The van der Waals surface area contributed by atoms with Gasteiger partial charge in [-0.15, -0.1) is 0 Å². The van der Waals surface area contributed by atoms with Gasteiger partial charge in [-0.05, 0) is 38.0 Å². The second kappa shape index (κ2) is 9.73. The van der Waals surface area contributed by atoms with Crippen LogP contribution in [-0.2, 0) is 9.59 Å². The first-order chi connectivity index (χ1) is 12.9. The maximum absolute atomic E-state index is 12.1. The van der Waals surface area contributed by atoms with E-state index in [0.29, 0.717) is 0 Å². The van der Waals surface area contributed by atoms with E-state index >= 15 is 0 Å². The summed E-state index contributed by atoms with van der Waals surface area (Å²) in [5.74, 6) is 0.276. The molecule has 0 bridgehead atoms. The first-order valence-electron chi connectivity index (χ1n) is 8.91. The molecule has 6 nitrogen and oxygen atoms in total. The van der Waals surface area contributed by atoms with Gasteiger partial charge < -0.3 is 20.7 Å². The van der Waals surface area contributed by atoms with Crippen LogP contribution in [0.3, 0.4) is 0 Å². The number of hydrogen-bond donors (Lipinski definition) is 3. The summed E-state index contributed by atoms with van der Waals surface area (Å²) in [4.78, 5) is 24.1. The highest BCUT2D eigenvalue weighted by Gasteiger charge is 2.13. The molecule has 0 aromatic heterocycles. The number of aryl methyl sites for hydroxylation is 2. The highest BCUT2D eigenvalue weighted by atomic mass is 16.5. The zero-order valence-electron chi connectivity index (χ0n) is 16.3. The van der Waals surface area contributed by atoms with Crippen LogP contribution < -0.4 is 20.7 Å². The van der Waals surface area contributed by atoms with Crippen LogP contribution >= 0.6 is 0 Å². The molecule has 2 aromatic carbocycles. The van der Waals surface area contributed by atoms with Crippen molar-refractivity contribution in [1.29, 1.82) is 0 Å². The van der Waals surface area contributed by atoms with Crippen LogP contribution in [-0.4, -0.2) is 32.0 Å². The van der Waals surface area contributed by atoms with Gasteiger partial charge >= 0.3 is 0 Å². The fourth-order valence-corrected chi connectivity index (χ4v) is 2.82. The number of methoxy groups -OCH3 is 1. The Morgan fingerprint density at radius 3 is 2.30 bits per heavy atom. The standard InChI is InChI=1S/C21H27N3O3/c1-14-8-7-9-15(2)21(14)24-20(26)13-23-19(25)12-22-16(3)17-10-5-6-11-18(17)27-4/h5-11,16,22H,12-13H2,1-4H3,(H,23,25)(H,24,26). The van der Waals surface area contributed by atoms with Crippen molar-refractivity contribution in [3.05, 3.63) is 59.2 Å². The molecular formula is C21H27N3O3. The summed E-state index contributed by atoms with van der Waals surface area (Å²) in [5.41, 5.74) is 3.74.